The van der Waals surface area contributed by atoms with Crippen LogP contribution in [0.4, 0.5) is 24.7 Å². The number of carboxylic acids is 1. The predicted molar refractivity (Wildman–Crippen MR) is 148 cm³/mol. The number of hydrogen-bond donors (Lipinski definition) is 2. The van der Waals surface area contributed by atoms with Crippen LogP contribution in [-0.2, 0) is 17.5 Å². The van der Waals surface area contributed by atoms with Crippen LogP contribution in [0, 0.1) is 5.92 Å². The number of aliphatic carboxylic acids is 1. The molecule has 0 radical (unpaired) electrons. The van der Waals surface area contributed by atoms with Gasteiger partial charge in [0.1, 0.15) is 5.82 Å². The number of hydrogen-bond acceptors (Lipinski definition) is 5. The van der Waals surface area contributed by atoms with Crippen LogP contribution in [0.1, 0.15) is 48.2 Å². The summed E-state index contributed by atoms with van der Waals surface area (Å²) in [5, 5.41) is 12.0. The number of aromatic nitrogens is 1. The molecule has 1 aliphatic rings. The van der Waals surface area contributed by atoms with Crippen molar-refractivity contribution < 1.29 is 27.9 Å². The third kappa shape index (κ3) is 6.98. The molecule has 7 nitrogen and oxygen atoms in total. The molecule has 0 unspecified atom stereocenters. The van der Waals surface area contributed by atoms with Crippen molar-refractivity contribution in [2.45, 2.75) is 39.4 Å². The lowest BCUT2D eigenvalue weighted by Gasteiger charge is -2.32. The number of halogens is 3. The van der Waals surface area contributed by atoms with E-state index in [1.807, 2.05) is 26.0 Å². The summed E-state index contributed by atoms with van der Waals surface area (Å²) < 4.78 is 39.2. The van der Waals surface area contributed by atoms with Gasteiger partial charge in [0.25, 0.3) is 5.91 Å². The van der Waals surface area contributed by atoms with Crippen molar-refractivity contribution in [2.24, 2.45) is 5.92 Å². The first kappa shape index (κ1) is 29.1. The minimum atomic E-state index is -4.41. The number of alkyl halides is 3. The maximum Gasteiger partial charge on any atom is 0.416 e. The van der Waals surface area contributed by atoms with Gasteiger partial charge in [-0.3, -0.25) is 14.5 Å². The standard InChI is InChI=1S/C30H33F3N4O3/c1-3-36(4-2)19-23-17-27(34-18-26(23)20-5-9-24(10-6-20)30(31,32)33)35-28(38)21-7-11-25(12-8-21)37-15-13-22(14-16-37)29(39)40/h5-12,17-18,22H,3-4,13-16,19H2,1-2H3,(H,39,40)(H,34,35,38). The first-order valence-corrected chi connectivity index (χ1v) is 13.4. The first-order chi connectivity index (χ1) is 19.1. The van der Waals surface area contributed by atoms with Crippen molar-refractivity contribution in [3.63, 3.8) is 0 Å². The average molecular weight is 555 g/mol. The number of carbonyl (C=O) groups is 2. The normalized spacial score (nSPS) is 14.4. The summed E-state index contributed by atoms with van der Waals surface area (Å²) in [6.07, 6.45) is -1.66. The molecule has 1 aliphatic heterocycles. The molecule has 40 heavy (non-hydrogen) atoms. The van der Waals surface area contributed by atoms with Gasteiger partial charge in [-0.1, -0.05) is 26.0 Å². The molecule has 2 N–H and O–H groups in total. The zero-order chi connectivity index (χ0) is 28.9. The number of amides is 1. The Morgan fingerprint density at radius 2 is 1.65 bits per heavy atom. The van der Waals surface area contributed by atoms with Crippen LogP contribution in [0.5, 0.6) is 0 Å². The highest BCUT2D eigenvalue weighted by Gasteiger charge is 2.30. The number of nitrogens with zero attached hydrogens (tertiary/aromatic N) is 3. The number of carbonyl (C=O) groups excluding carboxylic acids is 1. The molecule has 0 atom stereocenters. The lowest BCUT2D eigenvalue weighted by atomic mass is 9.96. The van der Waals surface area contributed by atoms with Gasteiger partial charge in [-0.15, -0.1) is 0 Å². The smallest absolute Gasteiger partial charge is 0.416 e. The zero-order valence-electron chi connectivity index (χ0n) is 22.5. The number of pyridine rings is 1. The highest BCUT2D eigenvalue weighted by molar-refractivity contribution is 6.04. The van der Waals surface area contributed by atoms with Gasteiger partial charge < -0.3 is 15.3 Å². The van der Waals surface area contributed by atoms with Gasteiger partial charge >= 0.3 is 12.1 Å². The van der Waals surface area contributed by atoms with Crippen molar-refractivity contribution in [2.75, 3.05) is 36.4 Å². The number of benzene rings is 2. The predicted octanol–water partition coefficient (Wildman–Crippen LogP) is 6.16. The molecule has 3 aromatic rings. The van der Waals surface area contributed by atoms with Crippen molar-refractivity contribution in [1.82, 2.24) is 9.88 Å². The molecule has 0 bridgehead atoms. The van der Waals surface area contributed by atoms with E-state index in [-0.39, 0.29) is 11.8 Å². The summed E-state index contributed by atoms with van der Waals surface area (Å²) >= 11 is 0. The van der Waals surface area contributed by atoms with Gasteiger partial charge in [0, 0.05) is 42.6 Å². The van der Waals surface area contributed by atoms with Gasteiger partial charge in [-0.25, -0.2) is 4.98 Å². The van der Waals surface area contributed by atoms with Crippen LogP contribution in [0.3, 0.4) is 0 Å². The van der Waals surface area contributed by atoms with Crippen LogP contribution in [0.25, 0.3) is 11.1 Å². The second kappa shape index (κ2) is 12.5. The highest BCUT2D eigenvalue weighted by atomic mass is 19.4. The first-order valence-electron chi connectivity index (χ1n) is 13.4. The number of nitrogens with one attached hydrogen (secondary N) is 1. The quantitative estimate of drug-likeness (QED) is 0.330. The lowest BCUT2D eigenvalue weighted by molar-refractivity contribution is -0.142. The number of carboxylic acid groups (broad SMARTS) is 1. The fourth-order valence-corrected chi connectivity index (χ4v) is 4.88. The Morgan fingerprint density at radius 3 is 2.20 bits per heavy atom. The van der Waals surface area contributed by atoms with Crippen LogP contribution >= 0.6 is 0 Å². The van der Waals surface area contributed by atoms with Gasteiger partial charge in [0.05, 0.1) is 11.5 Å². The molecule has 0 spiro atoms. The number of piperidine rings is 1. The largest absolute Gasteiger partial charge is 0.481 e. The van der Waals surface area contributed by atoms with Crippen LogP contribution in [0.15, 0.2) is 60.8 Å². The highest BCUT2D eigenvalue weighted by Crippen LogP contribution is 2.32. The third-order valence-corrected chi connectivity index (χ3v) is 7.38. The van der Waals surface area contributed by atoms with E-state index in [0.29, 0.717) is 55.0 Å². The topological polar surface area (TPSA) is 85.8 Å². The second-order valence-electron chi connectivity index (χ2n) is 9.86. The molecule has 10 heteroatoms. The molecule has 2 heterocycles. The van der Waals surface area contributed by atoms with E-state index in [9.17, 15) is 27.9 Å². The Kier molecular flexibility index (Phi) is 9.09. The van der Waals surface area contributed by atoms with E-state index in [1.54, 1.807) is 24.4 Å². The molecular weight excluding hydrogens is 521 g/mol. The summed E-state index contributed by atoms with van der Waals surface area (Å²) in [5.41, 5.74) is 2.82. The van der Waals surface area contributed by atoms with Crippen LogP contribution in [0.2, 0.25) is 0 Å². The number of rotatable bonds is 9. The van der Waals surface area contributed by atoms with E-state index in [0.717, 1.165) is 36.5 Å². The molecule has 212 valence electrons. The molecule has 1 fully saturated rings. The van der Waals surface area contributed by atoms with E-state index in [4.69, 9.17) is 0 Å². The lowest BCUT2D eigenvalue weighted by Crippen LogP contribution is -2.36. The average Bonchev–Trinajstić information content (AvgIpc) is 2.95. The molecule has 1 amide bonds. The van der Waals surface area contributed by atoms with Crippen molar-refractivity contribution in [1.29, 1.82) is 0 Å². The molecule has 4 rings (SSSR count). The monoisotopic (exact) mass is 554 g/mol. The Hall–Kier alpha value is -3.92. The summed E-state index contributed by atoms with van der Waals surface area (Å²) in [5.74, 6) is -1.05. The van der Waals surface area contributed by atoms with E-state index in [2.05, 4.69) is 20.1 Å². The van der Waals surface area contributed by atoms with E-state index >= 15 is 0 Å². The SMILES string of the molecule is CCN(CC)Cc1cc(NC(=O)c2ccc(N3CCC(C(=O)O)CC3)cc2)ncc1-c1ccc(C(F)(F)F)cc1. The Bertz CT molecular complexity index is 1320. The third-order valence-electron chi connectivity index (χ3n) is 7.38. The minimum Gasteiger partial charge on any atom is -0.481 e. The van der Waals surface area contributed by atoms with Crippen molar-refractivity contribution in [3.05, 3.63) is 77.5 Å². The zero-order valence-corrected chi connectivity index (χ0v) is 22.5. The minimum absolute atomic E-state index is 0.314. The maximum atomic E-state index is 13.1. The molecule has 1 saturated heterocycles. The maximum absolute atomic E-state index is 13.1. The molecule has 2 aromatic carbocycles. The van der Waals surface area contributed by atoms with Gasteiger partial charge in [-0.05, 0) is 79.5 Å². The Balaban J connectivity index is 1.50. The Labute approximate surface area is 231 Å². The van der Waals surface area contributed by atoms with Crippen molar-refractivity contribution in [3.8, 4) is 11.1 Å². The van der Waals surface area contributed by atoms with Gasteiger partial charge in [0.15, 0.2) is 0 Å². The van der Waals surface area contributed by atoms with Gasteiger partial charge in [0.2, 0.25) is 0 Å². The molecule has 1 aromatic heterocycles. The molecular formula is C30H33F3N4O3. The second-order valence-corrected chi connectivity index (χ2v) is 9.86. The van der Waals surface area contributed by atoms with E-state index in [1.165, 1.54) is 12.1 Å². The fraction of sp³-hybridized carbons (Fsp3) is 0.367. The van der Waals surface area contributed by atoms with Crippen LogP contribution < -0.4 is 10.2 Å². The summed E-state index contributed by atoms with van der Waals surface area (Å²) in [6, 6.07) is 13.9. The van der Waals surface area contributed by atoms with E-state index < -0.39 is 17.7 Å². The summed E-state index contributed by atoms with van der Waals surface area (Å²) in [6.45, 7) is 7.47. The van der Waals surface area contributed by atoms with Gasteiger partial charge in [-0.2, -0.15) is 13.2 Å². The summed E-state index contributed by atoms with van der Waals surface area (Å²) in [4.78, 5) is 32.9. The Morgan fingerprint density at radius 1 is 1.02 bits per heavy atom. The fourth-order valence-electron chi connectivity index (χ4n) is 4.88. The number of anilines is 2. The molecule has 0 aliphatic carbocycles. The summed E-state index contributed by atoms with van der Waals surface area (Å²) in [7, 11) is 0. The van der Waals surface area contributed by atoms with Crippen molar-refractivity contribution >= 4 is 23.4 Å². The molecule has 0 saturated carbocycles. The van der Waals surface area contributed by atoms with Crippen LogP contribution in [-0.4, -0.2) is 53.0 Å².